The van der Waals surface area contributed by atoms with E-state index in [2.05, 4.69) is 0 Å². The van der Waals surface area contributed by atoms with Crippen molar-refractivity contribution in [1.29, 1.82) is 5.26 Å². The monoisotopic (exact) mass is 439 g/mol. The van der Waals surface area contributed by atoms with Gasteiger partial charge >= 0.3 is 11.9 Å². The fourth-order valence-corrected chi connectivity index (χ4v) is 3.55. The highest BCUT2D eigenvalue weighted by molar-refractivity contribution is 6.06. The third-order valence-electron chi connectivity index (χ3n) is 5.01. The Morgan fingerprint density at radius 2 is 1.62 bits per heavy atom. The molecule has 0 aromatic heterocycles. The number of nitrogens with zero attached hydrogens (tertiary/aromatic N) is 2. The predicted octanol–water partition coefficient (Wildman–Crippen LogP) is 3.52. The first-order valence-electron chi connectivity index (χ1n) is 9.39. The molecule has 0 fully saturated rings. The molecule has 0 radical (unpaired) electrons. The molecule has 1 aliphatic rings. The summed E-state index contributed by atoms with van der Waals surface area (Å²) in [5.41, 5.74) is 6.35. The van der Waals surface area contributed by atoms with E-state index in [4.69, 9.17) is 15.2 Å². The number of methoxy groups -OCH3 is 2. The maximum atomic E-state index is 13.0. The highest BCUT2D eigenvalue weighted by Crippen LogP contribution is 2.43. The summed E-state index contributed by atoms with van der Waals surface area (Å²) in [7, 11) is 2.27. The Kier molecular flexibility index (Phi) is 6.54. The van der Waals surface area contributed by atoms with Crippen molar-refractivity contribution < 1.29 is 27.8 Å². The Morgan fingerprint density at radius 1 is 1.03 bits per heavy atom. The topological polar surface area (TPSA) is 106 Å². The maximum Gasteiger partial charge on any atom is 0.355 e. The molecule has 3 rings (SSSR count). The van der Waals surface area contributed by atoms with E-state index in [-0.39, 0.29) is 33.9 Å². The smallest absolute Gasteiger partial charge is 0.355 e. The Hall–Kier alpha value is -4.19. The van der Waals surface area contributed by atoms with E-state index in [9.17, 15) is 23.6 Å². The van der Waals surface area contributed by atoms with E-state index in [1.54, 1.807) is 30.3 Å². The van der Waals surface area contributed by atoms with Crippen molar-refractivity contribution in [2.45, 2.75) is 12.3 Å². The van der Waals surface area contributed by atoms with Crippen LogP contribution in [0.3, 0.4) is 0 Å². The fraction of sp³-hybridized carbons (Fsp3) is 0.174. The highest BCUT2D eigenvalue weighted by Gasteiger charge is 2.42. The molecule has 7 nitrogen and oxygen atoms in total. The van der Waals surface area contributed by atoms with Crippen molar-refractivity contribution in [2.24, 2.45) is 5.73 Å². The molecule has 0 bridgehead atoms. The van der Waals surface area contributed by atoms with Gasteiger partial charge in [-0.05, 0) is 17.7 Å². The molecule has 9 heteroatoms. The van der Waals surface area contributed by atoms with E-state index in [0.29, 0.717) is 5.56 Å². The van der Waals surface area contributed by atoms with E-state index >= 15 is 0 Å². The predicted molar refractivity (Wildman–Crippen MR) is 111 cm³/mol. The first kappa shape index (κ1) is 22.5. The molecular formula is C23H19F2N3O4. The lowest BCUT2D eigenvalue weighted by atomic mass is 9.81. The summed E-state index contributed by atoms with van der Waals surface area (Å²) in [6, 6.07) is 15.5. The van der Waals surface area contributed by atoms with Crippen LogP contribution < -0.4 is 10.6 Å². The number of carbonyl (C=O) groups excluding carboxylic acids is 2. The van der Waals surface area contributed by atoms with Crippen LogP contribution in [0.5, 0.6) is 0 Å². The normalized spacial score (nSPS) is 16.1. The minimum atomic E-state index is -2.70. The van der Waals surface area contributed by atoms with Crippen LogP contribution in [0.4, 0.5) is 14.5 Å². The molecule has 164 valence electrons. The summed E-state index contributed by atoms with van der Waals surface area (Å²) in [6.07, 6.45) is -2.70. The second-order valence-corrected chi connectivity index (χ2v) is 6.73. The van der Waals surface area contributed by atoms with Gasteiger partial charge in [0, 0.05) is 11.3 Å². The number of anilines is 1. The van der Waals surface area contributed by atoms with Crippen LogP contribution in [0.15, 0.2) is 77.3 Å². The van der Waals surface area contributed by atoms with Crippen molar-refractivity contribution >= 4 is 17.6 Å². The van der Waals surface area contributed by atoms with Gasteiger partial charge in [-0.3, -0.25) is 4.90 Å². The second-order valence-electron chi connectivity index (χ2n) is 6.73. The average molecular weight is 439 g/mol. The lowest BCUT2D eigenvalue weighted by molar-refractivity contribution is -0.139. The number of allylic oxidation sites excluding steroid dienone is 1. The number of nitriles is 1. The number of halogens is 2. The average Bonchev–Trinajstić information content (AvgIpc) is 2.82. The Balaban J connectivity index is 2.35. The van der Waals surface area contributed by atoms with Gasteiger partial charge in [0.1, 0.15) is 11.5 Å². The molecule has 32 heavy (non-hydrogen) atoms. The van der Waals surface area contributed by atoms with Gasteiger partial charge in [-0.15, -0.1) is 0 Å². The van der Waals surface area contributed by atoms with Crippen molar-refractivity contribution in [3.05, 3.63) is 88.4 Å². The highest BCUT2D eigenvalue weighted by atomic mass is 19.3. The largest absolute Gasteiger partial charge is 0.466 e. The molecule has 0 spiro atoms. The third-order valence-corrected chi connectivity index (χ3v) is 5.01. The number of alkyl halides is 2. The Labute approximate surface area is 182 Å². The van der Waals surface area contributed by atoms with Gasteiger partial charge in [0.15, 0.2) is 0 Å². The molecule has 0 aliphatic carbocycles. The zero-order chi connectivity index (χ0) is 23.4. The van der Waals surface area contributed by atoms with E-state index in [1.165, 1.54) is 12.1 Å². The van der Waals surface area contributed by atoms with Gasteiger partial charge in [0.2, 0.25) is 0 Å². The van der Waals surface area contributed by atoms with Gasteiger partial charge in [-0.2, -0.15) is 5.26 Å². The summed E-state index contributed by atoms with van der Waals surface area (Å²) in [6.45, 7) is 0. The van der Waals surface area contributed by atoms with Crippen molar-refractivity contribution in [2.75, 3.05) is 19.1 Å². The summed E-state index contributed by atoms with van der Waals surface area (Å²) in [4.78, 5) is 26.9. The molecule has 1 unspecified atom stereocenters. The minimum Gasteiger partial charge on any atom is -0.466 e. The van der Waals surface area contributed by atoms with Crippen molar-refractivity contribution in [3.63, 3.8) is 0 Å². The fourth-order valence-electron chi connectivity index (χ4n) is 3.55. The summed E-state index contributed by atoms with van der Waals surface area (Å²) >= 11 is 0. The van der Waals surface area contributed by atoms with E-state index in [0.717, 1.165) is 31.3 Å². The van der Waals surface area contributed by atoms with Gasteiger partial charge in [0.25, 0.3) is 6.43 Å². The summed E-state index contributed by atoms with van der Waals surface area (Å²) in [5, 5.41) is 9.92. The number of benzene rings is 2. The van der Waals surface area contributed by atoms with Gasteiger partial charge in [-0.1, -0.05) is 42.5 Å². The molecule has 1 heterocycles. The second kappa shape index (κ2) is 9.31. The molecule has 1 aliphatic heterocycles. The van der Waals surface area contributed by atoms with Crippen LogP contribution >= 0.6 is 0 Å². The number of rotatable bonds is 5. The molecule has 0 saturated carbocycles. The van der Waals surface area contributed by atoms with Crippen LogP contribution in [-0.2, 0) is 19.1 Å². The number of ether oxygens (including phenoxy) is 2. The maximum absolute atomic E-state index is 13.0. The molecule has 0 amide bonds. The SMILES string of the molecule is COC(=O)C1=C(C(=O)OC)N(c2ccc(C(F)F)cc2)C(N)=C(C#N)C1c1ccccc1. The molecule has 2 aromatic rings. The summed E-state index contributed by atoms with van der Waals surface area (Å²) in [5.74, 6) is -2.92. The standard InChI is InChI=1S/C23H19F2N3O4/c1-31-22(29)18-17(13-6-4-3-5-7-13)16(12-26)21(27)28(19(18)23(30)32-2)15-10-8-14(9-11-15)20(24)25/h3-11,17,20H,27H2,1-2H3. The van der Waals surface area contributed by atoms with E-state index < -0.39 is 24.3 Å². The van der Waals surface area contributed by atoms with Gasteiger partial charge in [-0.25, -0.2) is 18.4 Å². The number of hydrogen-bond donors (Lipinski definition) is 1. The van der Waals surface area contributed by atoms with Crippen molar-refractivity contribution in [1.82, 2.24) is 0 Å². The lowest BCUT2D eigenvalue weighted by Gasteiger charge is -2.35. The van der Waals surface area contributed by atoms with Crippen LogP contribution in [0.1, 0.15) is 23.5 Å². The molecule has 2 N–H and O–H groups in total. The quantitative estimate of drug-likeness (QED) is 0.711. The van der Waals surface area contributed by atoms with E-state index in [1.807, 2.05) is 6.07 Å². The lowest BCUT2D eigenvalue weighted by Crippen LogP contribution is -2.40. The van der Waals surface area contributed by atoms with Crippen LogP contribution in [0.2, 0.25) is 0 Å². The van der Waals surface area contributed by atoms with Crippen LogP contribution in [0, 0.1) is 11.3 Å². The number of nitrogens with two attached hydrogens (primary N) is 1. The number of hydrogen-bond acceptors (Lipinski definition) is 7. The molecule has 1 atom stereocenters. The first-order chi connectivity index (χ1) is 15.3. The minimum absolute atomic E-state index is 0.0119. The van der Waals surface area contributed by atoms with Crippen molar-refractivity contribution in [3.8, 4) is 6.07 Å². The zero-order valence-corrected chi connectivity index (χ0v) is 17.2. The Bertz CT molecular complexity index is 1140. The summed E-state index contributed by atoms with van der Waals surface area (Å²) < 4.78 is 35.9. The van der Waals surface area contributed by atoms with Gasteiger partial charge < -0.3 is 15.2 Å². The Morgan fingerprint density at radius 3 is 2.12 bits per heavy atom. The molecular weight excluding hydrogens is 420 g/mol. The van der Waals surface area contributed by atoms with Crippen LogP contribution in [-0.4, -0.2) is 26.2 Å². The first-order valence-corrected chi connectivity index (χ1v) is 9.39. The zero-order valence-electron chi connectivity index (χ0n) is 17.2. The number of esters is 2. The number of carbonyl (C=O) groups is 2. The third kappa shape index (κ3) is 3.90. The molecule has 0 saturated heterocycles. The molecule has 2 aromatic carbocycles. The van der Waals surface area contributed by atoms with Crippen LogP contribution in [0.25, 0.3) is 0 Å². The van der Waals surface area contributed by atoms with Gasteiger partial charge in [0.05, 0.1) is 37.4 Å².